The van der Waals surface area contributed by atoms with Crippen molar-refractivity contribution in [3.8, 4) is 0 Å². The van der Waals surface area contributed by atoms with Gasteiger partial charge in [-0.25, -0.2) is 12.8 Å². The molecule has 0 aliphatic carbocycles. The highest BCUT2D eigenvalue weighted by molar-refractivity contribution is 14.1. The van der Waals surface area contributed by atoms with Gasteiger partial charge in [-0.05, 0) is 59.3 Å². The second kappa shape index (κ2) is 6.05. The maximum atomic E-state index is 12.9. The highest BCUT2D eigenvalue weighted by Crippen LogP contribution is 2.25. The summed E-state index contributed by atoms with van der Waals surface area (Å²) in [5.74, 6) is -0.348. The summed E-state index contributed by atoms with van der Waals surface area (Å²) >= 11 is 1.94. The third kappa shape index (κ3) is 3.67. The van der Waals surface area contributed by atoms with E-state index in [1.165, 1.54) is 17.5 Å². The number of aryl methyl sites for hydroxylation is 1. The van der Waals surface area contributed by atoms with Crippen molar-refractivity contribution in [2.45, 2.75) is 11.8 Å². The Kier molecular flexibility index (Phi) is 4.59. The summed E-state index contributed by atoms with van der Waals surface area (Å²) in [6.07, 6.45) is 0. The van der Waals surface area contributed by atoms with Gasteiger partial charge < -0.3 is 0 Å². The number of hydrogen-bond acceptors (Lipinski definition) is 2. The fourth-order valence-electron chi connectivity index (χ4n) is 1.61. The third-order valence-electron chi connectivity index (χ3n) is 2.73. The van der Waals surface area contributed by atoms with Crippen molar-refractivity contribution in [1.29, 1.82) is 0 Å². The predicted octanol–water partition coefficient (Wildman–Crippen LogP) is 4.34. The molecule has 104 valence electrons. The lowest BCUT2D eigenvalue weighted by molar-refractivity contribution is 0.605. The summed E-state index contributed by atoms with van der Waals surface area (Å²) in [5, 5.41) is 1.20. The molecule has 0 N–H and O–H groups in total. The summed E-state index contributed by atoms with van der Waals surface area (Å²) in [6.45, 7) is 1.90. The fraction of sp³-hybridized carbons (Fsp3) is 0.0667. The zero-order valence-electron chi connectivity index (χ0n) is 10.7. The summed E-state index contributed by atoms with van der Waals surface area (Å²) in [6, 6.07) is 12.4. The maximum Gasteiger partial charge on any atom is 0.200 e. The zero-order chi connectivity index (χ0) is 14.8. The zero-order valence-corrected chi connectivity index (χ0v) is 13.7. The molecule has 0 saturated heterocycles. The van der Waals surface area contributed by atoms with E-state index in [2.05, 4.69) is 0 Å². The molecule has 20 heavy (non-hydrogen) atoms. The molecule has 0 heterocycles. The lowest BCUT2D eigenvalue weighted by Gasteiger charge is -2.03. The second-order valence-corrected chi connectivity index (χ2v) is 7.29. The van der Waals surface area contributed by atoms with Gasteiger partial charge in [0.25, 0.3) is 0 Å². The van der Waals surface area contributed by atoms with Gasteiger partial charge in [-0.15, -0.1) is 0 Å². The van der Waals surface area contributed by atoms with Crippen LogP contribution in [0.25, 0.3) is 3.58 Å². The van der Waals surface area contributed by atoms with E-state index in [1.54, 1.807) is 36.4 Å². The van der Waals surface area contributed by atoms with E-state index in [0.717, 1.165) is 5.56 Å². The van der Waals surface area contributed by atoms with E-state index in [4.69, 9.17) is 0 Å². The largest absolute Gasteiger partial charge is 0.219 e. The van der Waals surface area contributed by atoms with E-state index in [9.17, 15) is 12.8 Å². The van der Waals surface area contributed by atoms with Gasteiger partial charge in [-0.1, -0.05) is 29.8 Å². The van der Waals surface area contributed by atoms with Gasteiger partial charge in [0.05, 0.1) is 4.90 Å². The van der Waals surface area contributed by atoms with Crippen molar-refractivity contribution in [2.75, 3.05) is 0 Å². The average molecular weight is 402 g/mol. The highest BCUT2D eigenvalue weighted by atomic mass is 127. The first-order valence-electron chi connectivity index (χ1n) is 5.83. The predicted molar refractivity (Wildman–Crippen MR) is 86.8 cm³/mol. The van der Waals surface area contributed by atoms with Crippen LogP contribution in [0.4, 0.5) is 4.39 Å². The molecule has 2 aromatic carbocycles. The lowest BCUT2D eigenvalue weighted by atomic mass is 10.2. The van der Waals surface area contributed by atoms with Crippen LogP contribution in [0.1, 0.15) is 11.1 Å². The van der Waals surface area contributed by atoms with E-state index < -0.39 is 9.84 Å². The molecule has 0 saturated carbocycles. The van der Waals surface area contributed by atoms with Crippen molar-refractivity contribution < 1.29 is 12.8 Å². The monoisotopic (exact) mass is 402 g/mol. The fourth-order valence-corrected chi connectivity index (χ4v) is 4.03. The van der Waals surface area contributed by atoms with Gasteiger partial charge in [-0.2, -0.15) is 0 Å². The Morgan fingerprint density at radius 2 is 1.60 bits per heavy atom. The van der Waals surface area contributed by atoms with Gasteiger partial charge in [0, 0.05) is 8.99 Å². The summed E-state index contributed by atoms with van der Waals surface area (Å²) < 4.78 is 37.9. The van der Waals surface area contributed by atoms with Crippen LogP contribution in [0.5, 0.6) is 0 Å². The molecule has 0 spiro atoms. The molecule has 0 aliphatic rings. The first-order chi connectivity index (χ1) is 9.38. The summed E-state index contributed by atoms with van der Waals surface area (Å²) in [7, 11) is -3.50. The van der Waals surface area contributed by atoms with Crippen LogP contribution in [0, 0.1) is 12.7 Å². The molecule has 0 bridgehead atoms. The standard InChI is InChI=1S/C15H12FIO2S/c1-11-2-8-14(9-3-11)20(18,19)10-15(17)12-4-6-13(16)7-5-12/h2-10H,1H3/b15-10+. The quantitative estimate of drug-likeness (QED) is 0.716. The minimum absolute atomic E-state index is 0.249. The molecule has 0 aromatic heterocycles. The highest BCUT2D eigenvalue weighted by Gasteiger charge is 2.12. The minimum Gasteiger partial charge on any atom is -0.219 e. The topological polar surface area (TPSA) is 34.1 Å². The van der Waals surface area contributed by atoms with Crippen LogP contribution in [0.3, 0.4) is 0 Å². The molecule has 5 heteroatoms. The first kappa shape index (κ1) is 15.2. The molecule has 0 fully saturated rings. The lowest BCUT2D eigenvalue weighted by Crippen LogP contribution is -1.97. The van der Waals surface area contributed by atoms with Crippen LogP contribution in [0.15, 0.2) is 58.8 Å². The number of sulfone groups is 1. The maximum absolute atomic E-state index is 12.9. The third-order valence-corrected chi connectivity index (χ3v) is 5.56. The summed E-state index contributed by atoms with van der Waals surface area (Å²) in [4.78, 5) is 0.249. The van der Waals surface area contributed by atoms with Gasteiger partial charge in [-0.3, -0.25) is 0 Å². The van der Waals surface area contributed by atoms with Crippen molar-refractivity contribution in [2.24, 2.45) is 0 Å². The number of benzene rings is 2. The molecular formula is C15H12FIO2S. The molecule has 0 aliphatic heterocycles. The van der Waals surface area contributed by atoms with Crippen molar-refractivity contribution >= 4 is 36.0 Å². The molecular weight excluding hydrogens is 390 g/mol. The molecule has 2 nitrogen and oxygen atoms in total. The first-order valence-corrected chi connectivity index (χ1v) is 8.46. The van der Waals surface area contributed by atoms with Gasteiger partial charge >= 0.3 is 0 Å². The second-order valence-electron chi connectivity index (χ2n) is 4.33. The molecule has 0 amide bonds. The Labute approximate surface area is 131 Å². The Bertz CT molecular complexity index is 732. The van der Waals surface area contributed by atoms with Crippen molar-refractivity contribution in [1.82, 2.24) is 0 Å². The Morgan fingerprint density at radius 3 is 2.15 bits per heavy atom. The smallest absolute Gasteiger partial charge is 0.200 e. The molecule has 0 unspecified atom stereocenters. The SMILES string of the molecule is Cc1ccc(S(=O)(=O)/C=C(/I)c2ccc(F)cc2)cc1. The van der Waals surface area contributed by atoms with Gasteiger partial charge in [0.2, 0.25) is 9.84 Å². The Morgan fingerprint density at radius 1 is 1.05 bits per heavy atom. The van der Waals surface area contributed by atoms with Gasteiger partial charge in [0.1, 0.15) is 5.82 Å². The van der Waals surface area contributed by atoms with Crippen LogP contribution in [-0.2, 0) is 9.84 Å². The molecule has 2 rings (SSSR count). The van der Waals surface area contributed by atoms with E-state index in [0.29, 0.717) is 9.14 Å². The number of halogens is 2. The molecule has 2 aromatic rings. The van der Waals surface area contributed by atoms with Crippen LogP contribution in [-0.4, -0.2) is 8.42 Å². The van der Waals surface area contributed by atoms with E-state index >= 15 is 0 Å². The van der Waals surface area contributed by atoms with E-state index in [-0.39, 0.29) is 10.7 Å². The van der Waals surface area contributed by atoms with Crippen LogP contribution in [0.2, 0.25) is 0 Å². The number of rotatable bonds is 3. The van der Waals surface area contributed by atoms with Crippen molar-refractivity contribution in [3.63, 3.8) is 0 Å². The Hall–Kier alpha value is -1.21. The van der Waals surface area contributed by atoms with Crippen molar-refractivity contribution in [3.05, 3.63) is 70.9 Å². The number of hydrogen-bond donors (Lipinski definition) is 0. The summed E-state index contributed by atoms with van der Waals surface area (Å²) in [5.41, 5.74) is 1.67. The van der Waals surface area contributed by atoms with Crippen LogP contribution < -0.4 is 0 Å². The minimum atomic E-state index is -3.50. The average Bonchev–Trinajstić information content (AvgIpc) is 2.39. The molecule has 0 atom stereocenters. The van der Waals surface area contributed by atoms with Gasteiger partial charge in [0.15, 0.2) is 0 Å². The van der Waals surface area contributed by atoms with Crippen LogP contribution >= 0.6 is 22.6 Å². The molecule has 0 radical (unpaired) electrons. The van der Waals surface area contributed by atoms with E-state index in [1.807, 2.05) is 29.5 Å². The normalized spacial score (nSPS) is 12.4. The Balaban J connectivity index is 2.37.